The van der Waals surface area contributed by atoms with Crippen LogP contribution in [0.5, 0.6) is 0 Å². The van der Waals surface area contributed by atoms with Crippen LogP contribution < -0.4 is 4.72 Å². The van der Waals surface area contributed by atoms with Crippen LogP contribution in [0, 0.1) is 5.92 Å². The lowest BCUT2D eigenvalue weighted by atomic mass is 9.99. The Morgan fingerprint density at radius 3 is 2.62 bits per heavy atom. The average Bonchev–Trinajstić information content (AvgIpc) is 2.48. The Morgan fingerprint density at radius 2 is 2.10 bits per heavy atom. The Morgan fingerprint density at radius 1 is 1.43 bits per heavy atom. The van der Waals surface area contributed by atoms with E-state index in [1.165, 1.54) is 4.31 Å². The van der Waals surface area contributed by atoms with E-state index in [4.69, 9.17) is 5.11 Å². The monoisotopic (exact) mass is 313 g/mol. The lowest BCUT2D eigenvalue weighted by molar-refractivity contribution is -0.142. The molecule has 2 rings (SSSR count). The molecule has 1 aliphatic heterocycles. The Balaban J connectivity index is 1.98. The smallest absolute Gasteiger partial charge is 0.306 e. The second kappa shape index (κ2) is 6.50. The summed E-state index contributed by atoms with van der Waals surface area (Å²) in [4.78, 5) is 15.0. The lowest BCUT2D eigenvalue weighted by Gasteiger charge is -2.30. The number of nitrogens with one attached hydrogen (secondary N) is 1. The Hall–Kier alpha value is -1.51. The predicted octanol–water partition coefficient (Wildman–Crippen LogP) is 0.774. The van der Waals surface area contributed by atoms with Gasteiger partial charge >= 0.3 is 5.97 Å². The number of carboxylic acid groups (broad SMARTS) is 1. The van der Waals surface area contributed by atoms with Gasteiger partial charge in [0.2, 0.25) is 0 Å². The first-order valence-corrected chi connectivity index (χ1v) is 8.25. The highest BCUT2D eigenvalue weighted by molar-refractivity contribution is 7.87. The summed E-state index contributed by atoms with van der Waals surface area (Å²) in [6.45, 7) is 2.17. The molecule has 1 atom stereocenters. The number of carboxylic acids is 1. The van der Waals surface area contributed by atoms with Gasteiger partial charge in [-0.15, -0.1) is 0 Å². The van der Waals surface area contributed by atoms with Crippen LogP contribution >= 0.6 is 0 Å². The molecule has 0 radical (unpaired) electrons. The van der Waals surface area contributed by atoms with Gasteiger partial charge in [0.15, 0.2) is 0 Å². The van der Waals surface area contributed by atoms with Gasteiger partial charge in [-0.2, -0.15) is 17.4 Å². The third-order valence-electron chi connectivity index (χ3n) is 3.60. The number of pyridine rings is 1. The summed E-state index contributed by atoms with van der Waals surface area (Å²) < 4.78 is 28.4. The molecule has 116 valence electrons. The minimum Gasteiger partial charge on any atom is -0.481 e. The van der Waals surface area contributed by atoms with Crippen LogP contribution in [0.1, 0.15) is 31.5 Å². The number of carbonyl (C=O) groups is 1. The molecule has 21 heavy (non-hydrogen) atoms. The third-order valence-corrected chi connectivity index (χ3v) is 5.30. The van der Waals surface area contributed by atoms with Crippen LogP contribution in [0.25, 0.3) is 0 Å². The highest BCUT2D eigenvalue weighted by Crippen LogP contribution is 2.20. The number of hydrogen-bond acceptors (Lipinski definition) is 4. The van der Waals surface area contributed by atoms with Crippen LogP contribution in [0.4, 0.5) is 0 Å². The Labute approximate surface area is 124 Å². The largest absolute Gasteiger partial charge is 0.481 e. The SMILES string of the molecule is CC(NS(=O)(=O)N1CCC(C(=O)O)CC1)c1ccccn1. The van der Waals surface area contributed by atoms with Gasteiger partial charge in [0.1, 0.15) is 0 Å². The van der Waals surface area contributed by atoms with Crippen LogP contribution in [0.15, 0.2) is 24.4 Å². The van der Waals surface area contributed by atoms with Crippen LogP contribution in [-0.2, 0) is 15.0 Å². The molecule has 0 amide bonds. The minimum absolute atomic E-state index is 0.223. The Kier molecular flexibility index (Phi) is 4.92. The van der Waals surface area contributed by atoms with Crippen molar-refractivity contribution in [3.05, 3.63) is 30.1 Å². The number of hydrogen-bond donors (Lipinski definition) is 2. The quantitative estimate of drug-likeness (QED) is 0.836. The highest BCUT2D eigenvalue weighted by atomic mass is 32.2. The Bertz CT molecular complexity index is 583. The van der Waals surface area contributed by atoms with Crippen LogP contribution in [0.3, 0.4) is 0 Å². The topological polar surface area (TPSA) is 99.6 Å². The van der Waals surface area contributed by atoms with Crippen molar-refractivity contribution in [2.45, 2.75) is 25.8 Å². The van der Waals surface area contributed by atoms with E-state index in [0.717, 1.165) is 0 Å². The molecule has 0 aromatic carbocycles. The van der Waals surface area contributed by atoms with Gasteiger partial charge in [0.25, 0.3) is 10.2 Å². The number of aromatic nitrogens is 1. The molecule has 1 fully saturated rings. The first kappa shape index (κ1) is 15.9. The van der Waals surface area contributed by atoms with Gasteiger partial charge in [-0.3, -0.25) is 9.78 Å². The molecule has 1 aromatic rings. The molecule has 7 nitrogen and oxygen atoms in total. The highest BCUT2D eigenvalue weighted by Gasteiger charge is 2.31. The van der Waals surface area contributed by atoms with E-state index in [1.54, 1.807) is 31.3 Å². The van der Waals surface area contributed by atoms with Crippen molar-refractivity contribution in [2.75, 3.05) is 13.1 Å². The summed E-state index contributed by atoms with van der Waals surface area (Å²) in [6.07, 6.45) is 2.29. The van der Waals surface area contributed by atoms with Gasteiger partial charge < -0.3 is 5.11 Å². The van der Waals surface area contributed by atoms with Crippen molar-refractivity contribution in [3.8, 4) is 0 Å². The maximum Gasteiger partial charge on any atom is 0.306 e. The van der Waals surface area contributed by atoms with Gasteiger partial charge in [-0.1, -0.05) is 6.07 Å². The normalized spacial score (nSPS) is 19.3. The third kappa shape index (κ3) is 3.99. The summed E-state index contributed by atoms with van der Waals surface area (Å²) in [5, 5.41) is 8.93. The fourth-order valence-corrected chi connectivity index (χ4v) is 3.74. The first-order valence-electron chi connectivity index (χ1n) is 6.81. The van der Waals surface area contributed by atoms with E-state index in [9.17, 15) is 13.2 Å². The maximum atomic E-state index is 12.3. The second-order valence-corrected chi connectivity index (χ2v) is 6.81. The second-order valence-electron chi connectivity index (χ2n) is 5.11. The van der Waals surface area contributed by atoms with Gasteiger partial charge in [-0.05, 0) is 31.9 Å². The molecule has 0 bridgehead atoms. The maximum absolute atomic E-state index is 12.3. The van der Waals surface area contributed by atoms with Gasteiger partial charge in [0.05, 0.1) is 17.7 Å². The zero-order valence-electron chi connectivity index (χ0n) is 11.8. The van der Waals surface area contributed by atoms with Crippen LogP contribution in [0.2, 0.25) is 0 Å². The zero-order valence-corrected chi connectivity index (χ0v) is 12.6. The van der Waals surface area contributed by atoms with Crippen molar-refractivity contribution >= 4 is 16.2 Å². The molecule has 1 aromatic heterocycles. The summed E-state index contributed by atoms with van der Waals surface area (Å²) in [5.74, 6) is -1.31. The van der Waals surface area contributed by atoms with E-state index in [2.05, 4.69) is 9.71 Å². The molecule has 1 aliphatic rings. The molecule has 0 aliphatic carbocycles. The number of piperidine rings is 1. The predicted molar refractivity (Wildman–Crippen MR) is 76.6 cm³/mol. The summed E-state index contributed by atoms with van der Waals surface area (Å²) in [6, 6.07) is 4.88. The summed E-state index contributed by atoms with van der Waals surface area (Å²) in [7, 11) is -3.63. The van der Waals surface area contributed by atoms with E-state index in [1.807, 2.05) is 0 Å². The average molecular weight is 313 g/mol. The number of nitrogens with zero attached hydrogens (tertiary/aromatic N) is 2. The van der Waals surface area contributed by atoms with E-state index < -0.39 is 28.1 Å². The fraction of sp³-hybridized carbons (Fsp3) is 0.538. The minimum atomic E-state index is -3.63. The van der Waals surface area contributed by atoms with Crippen LogP contribution in [-0.4, -0.2) is 41.9 Å². The zero-order chi connectivity index (χ0) is 15.5. The molecule has 2 heterocycles. The summed E-state index contributed by atoms with van der Waals surface area (Å²) >= 11 is 0. The number of rotatable bonds is 5. The van der Waals surface area contributed by atoms with Crippen molar-refractivity contribution in [3.63, 3.8) is 0 Å². The van der Waals surface area contributed by atoms with Crippen molar-refractivity contribution in [1.82, 2.24) is 14.0 Å². The van der Waals surface area contributed by atoms with Gasteiger partial charge in [-0.25, -0.2) is 0 Å². The van der Waals surface area contributed by atoms with E-state index in [-0.39, 0.29) is 13.1 Å². The summed E-state index contributed by atoms with van der Waals surface area (Å²) in [5.41, 5.74) is 0.640. The van der Waals surface area contributed by atoms with E-state index >= 15 is 0 Å². The molecular formula is C13H19N3O4S. The molecule has 0 saturated carbocycles. The first-order chi connectivity index (χ1) is 9.90. The van der Waals surface area contributed by atoms with Crippen molar-refractivity contribution in [2.24, 2.45) is 5.92 Å². The van der Waals surface area contributed by atoms with Crippen molar-refractivity contribution in [1.29, 1.82) is 0 Å². The molecule has 8 heteroatoms. The van der Waals surface area contributed by atoms with E-state index in [0.29, 0.717) is 18.5 Å². The van der Waals surface area contributed by atoms with Crippen molar-refractivity contribution < 1.29 is 18.3 Å². The number of aliphatic carboxylic acids is 1. The molecule has 0 spiro atoms. The fourth-order valence-electron chi connectivity index (χ4n) is 2.33. The lowest BCUT2D eigenvalue weighted by Crippen LogP contribution is -2.46. The standard InChI is InChI=1S/C13H19N3O4S/c1-10(12-4-2-3-7-14-12)15-21(19,20)16-8-5-11(6-9-16)13(17)18/h2-4,7,10-11,15H,5-6,8-9H2,1H3,(H,17,18). The molecule has 1 saturated heterocycles. The molecule has 2 N–H and O–H groups in total. The molecule has 1 unspecified atom stereocenters. The molecular weight excluding hydrogens is 294 g/mol. The van der Waals surface area contributed by atoms with Gasteiger partial charge in [0, 0.05) is 19.3 Å².